The van der Waals surface area contributed by atoms with E-state index in [9.17, 15) is 14.3 Å². The predicted octanol–water partition coefficient (Wildman–Crippen LogP) is 6.47. The Balaban J connectivity index is 1.33. The van der Waals surface area contributed by atoms with Crippen molar-refractivity contribution >= 4 is 27.9 Å². The van der Waals surface area contributed by atoms with Crippen LogP contribution in [0.3, 0.4) is 0 Å². The van der Waals surface area contributed by atoms with Gasteiger partial charge in [-0.2, -0.15) is 0 Å². The third kappa shape index (κ3) is 4.88. The first kappa shape index (κ1) is 25.1. The molecular formula is C29H24F2N4O3S. The summed E-state index contributed by atoms with van der Waals surface area (Å²) in [6.07, 6.45) is 2.52. The molecule has 1 amide bonds. The number of aliphatic hydroxyl groups is 1. The van der Waals surface area contributed by atoms with Crippen LogP contribution in [-0.2, 0) is 6.42 Å². The Morgan fingerprint density at radius 3 is 2.67 bits per heavy atom. The van der Waals surface area contributed by atoms with E-state index in [0.717, 1.165) is 23.0 Å². The first-order chi connectivity index (χ1) is 18.9. The summed E-state index contributed by atoms with van der Waals surface area (Å²) in [6, 6.07) is 17.1. The molecule has 6 rings (SSSR count). The molecule has 198 valence electrons. The molecule has 10 heteroatoms. The number of aromatic amines is 2. The zero-order valence-corrected chi connectivity index (χ0v) is 21.6. The molecule has 3 unspecified atom stereocenters. The van der Waals surface area contributed by atoms with Gasteiger partial charge in [-0.3, -0.25) is 4.79 Å². The number of hydrogen-bond donors (Lipinski definition) is 4. The highest BCUT2D eigenvalue weighted by atomic mass is 32.2. The number of carbonyl (C=O) groups excluding carboxylic acids is 1. The lowest BCUT2D eigenvalue weighted by atomic mass is 9.99. The van der Waals surface area contributed by atoms with Crippen LogP contribution in [0, 0.1) is 11.6 Å². The van der Waals surface area contributed by atoms with E-state index in [0.29, 0.717) is 22.3 Å². The second-order valence-electron chi connectivity index (χ2n) is 9.39. The van der Waals surface area contributed by atoms with Crippen LogP contribution in [0.25, 0.3) is 22.3 Å². The van der Waals surface area contributed by atoms with Gasteiger partial charge in [0.15, 0.2) is 11.6 Å². The number of imidazole rings is 1. The molecule has 3 heterocycles. The zero-order chi connectivity index (χ0) is 27.1. The van der Waals surface area contributed by atoms with E-state index in [-0.39, 0.29) is 34.6 Å². The monoisotopic (exact) mass is 546 g/mol. The molecule has 3 atom stereocenters. The molecule has 0 spiro atoms. The molecule has 3 aromatic carbocycles. The number of thioether (sulfide) groups is 1. The van der Waals surface area contributed by atoms with E-state index in [1.165, 1.54) is 24.3 Å². The first-order valence-corrected chi connectivity index (χ1v) is 13.3. The summed E-state index contributed by atoms with van der Waals surface area (Å²) in [4.78, 5) is 22.4. The summed E-state index contributed by atoms with van der Waals surface area (Å²) in [5, 5.41) is 12.5. The van der Waals surface area contributed by atoms with Crippen molar-refractivity contribution in [2.75, 3.05) is 0 Å². The molecule has 0 radical (unpaired) electrons. The standard InChI is InChI=1S/C29H24F2N4O3S/c1-15(16-5-3-2-4-6-16)24-14-33-27(34-24)20-11-17(7-8-21(20)30)38-26-19(12-25-28(36)35-29(37)39-25)18-9-10-32-23(18)13-22(26)31/h2-11,13-15,25,28,32,36H,12H2,1H3,(H,33,34)(H,35,37). The number of nitrogens with one attached hydrogen (secondary N) is 3. The Hall–Kier alpha value is -4.15. The Bertz CT molecular complexity index is 1670. The fourth-order valence-corrected chi connectivity index (χ4v) is 5.73. The van der Waals surface area contributed by atoms with Crippen molar-refractivity contribution < 1.29 is 23.4 Å². The number of carbonyl (C=O) groups is 1. The highest BCUT2D eigenvalue weighted by molar-refractivity contribution is 8.14. The van der Waals surface area contributed by atoms with Crippen molar-refractivity contribution in [3.63, 3.8) is 0 Å². The van der Waals surface area contributed by atoms with E-state index in [1.807, 2.05) is 37.3 Å². The molecule has 39 heavy (non-hydrogen) atoms. The van der Waals surface area contributed by atoms with Crippen LogP contribution in [0.15, 0.2) is 73.1 Å². The van der Waals surface area contributed by atoms with Crippen LogP contribution in [0.4, 0.5) is 13.6 Å². The van der Waals surface area contributed by atoms with Gasteiger partial charge in [-0.15, -0.1) is 0 Å². The Morgan fingerprint density at radius 2 is 1.90 bits per heavy atom. The van der Waals surface area contributed by atoms with Gasteiger partial charge in [-0.05, 0) is 36.2 Å². The van der Waals surface area contributed by atoms with Gasteiger partial charge >= 0.3 is 0 Å². The van der Waals surface area contributed by atoms with Crippen LogP contribution < -0.4 is 10.1 Å². The van der Waals surface area contributed by atoms with Crippen molar-refractivity contribution in [1.29, 1.82) is 0 Å². The smallest absolute Gasteiger partial charge is 0.281 e. The first-order valence-electron chi connectivity index (χ1n) is 12.4. The third-order valence-corrected chi connectivity index (χ3v) is 7.96. The van der Waals surface area contributed by atoms with E-state index in [2.05, 4.69) is 20.3 Å². The number of fused-ring (bicyclic) bond motifs is 1. The van der Waals surface area contributed by atoms with Crippen molar-refractivity contribution in [3.05, 3.63) is 102 Å². The Labute approximate surface area is 226 Å². The van der Waals surface area contributed by atoms with Crippen LogP contribution in [0.2, 0.25) is 0 Å². The summed E-state index contributed by atoms with van der Waals surface area (Å²) in [5.74, 6) is -0.651. The summed E-state index contributed by atoms with van der Waals surface area (Å²) >= 11 is 0.955. The second-order valence-corrected chi connectivity index (χ2v) is 10.6. The van der Waals surface area contributed by atoms with Crippen LogP contribution in [0.5, 0.6) is 11.5 Å². The van der Waals surface area contributed by atoms with Crippen molar-refractivity contribution in [3.8, 4) is 22.9 Å². The summed E-state index contributed by atoms with van der Waals surface area (Å²) in [7, 11) is 0. The van der Waals surface area contributed by atoms with Crippen LogP contribution in [-0.4, -0.2) is 36.8 Å². The summed E-state index contributed by atoms with van der Waals surface area (Å²) in [5.41, 5.74) is 3.06. The van der Waals surface area contributed by atoms with Gasteiger partial charge in [0.1, 0.15) is 23.6 Å². The number of hydrogen-bond acceptors (Lipinski definition) is 5. The molecule has 4 N–H and O–H groups in total. The van der Waals surface area contributed by atoms with Gasteiger partial charge in [-0.25, -0.2) is 13.8 Å². The van der Waals surface area contributed by atoms with E-state index in [4.69, 9.17) is 4.74 Å². The lowest BCUT2D eigenvalue weighted by molar-refractivity contribution is 0.152. The van der Waals surface area contributed by atoms with Crippen molar-refractivity contribution in [1.82, 2.24) is 20.3 Å². The van der Waals surface area contributed by atoms with Gasteiger partial charge in [0, 0.05) is 40.8 Å². The molecule has 1 saturated heterocycles. The zero-order valence-electron chi connectivity index (χ0n) is 20.7. The second kappa shape index (κ2) is 10.2. The van der Waals surface area contributed by atoms with Crippen LogP contribution in [0.1, 0.15) is 29.7 Å². The quantitative estimate of drug-likeness (QED) is 0.187. The topological polar surface area (TPSA) is 103 Å². The molecule has 1 aliphatic rings. The molecule has 5 aromatic rings. The fraction of sp³-hybridized carbons (Fsp3) is 0.172. The minimum absolute atomic E-state index is 0.00592. The number of nitrogens with zero attached hydrogens (tertiary/aromatic N) is 1. The summed E-state index contributed by atoms with van der Waals surface area (Å²) < 4.78 is 36.3. The van der Waals surface area contributed by atoms with Gasteiger partial charge < -0.3 is 25.1 Å². The summed E-state index contributed by atoms with van der Waals surface area (Å²) in [6.45, 7) is 2.02. The van der Waals surface area contributed by atoms with E-state index < -0.39 is 23.1 Å². The van der Waals surface area contributed by atoms with Crippen LogP contribution >= 0.6 is 11.8 Å². The van der Waals surface area contributed by atoms with Crippen molar-refractivity contribution in [2.45, 2.75) is 30.7 Å². The number of halogens is 2. The molecule has 2 aromatic heterocycles. The Kier molecular flexibility index (Phi) is 6.58. The lowest BCUT2D eigenvalue weighted by Gasteiger charge is -2.18. The number of H-pyrrole nitrogens is 2. The third-order valence-electron chi connectivity index (χ3n) is 6.90. The normalized spacial score (nSPS) is 17.9. The van der Waals surface area contributed by atoms with E-state index >= 15 is 4.39 Å². The molecule has 0 bridgehead atoms. The minimum atomic E-state index is -1.07. The highest BCUT2D eigenvalue weighted by Gasteiger charge is 2.33. The maximum atomic E-state index is 15.4. The molecule has 0 saturated carbocycles. The molecule has 1 aliphatic heterocycles. The van der Waals surface area contributed by atoms with E-state index in [1.54, 1.807) is 18.5 Å². The molecule has 0 aliphatic carbocycles. The number of ether oxygens (including phenoxy) is 1. The maximum absolute atomic E-state index is 15.4. The number of benzene rings is 3. The SMILES string of the molecule is CC(c1ccccc1)c1c[nH]c(-c2cc(Oc3c(F)cc4[nH]ccc4c3CC3SC(=O)NC3O)ccc2F)n1. The number of aliphatic hydroxyl groups excluding tert-OH is 1. The molecular weight excluding hydrogens is 522 g/mol. The molecule has 7 nitrogen and oxygen atoms in total. The molecule has 1 fully saturated rings. The fourth-order valence-electron chi connectivity index (χ4n) is 4.82. The maximum Gasteiger partial charge on any atom is 0.281 e. The lowest BCUT2D eigenvalue weighted by Crippen LogP contribution is -2.31. The average Bonchev–Trinajstić information content (AvgIpc) is 3.67. The number of aromatic nitrogens is 3. The number of rotatable bonds is 7. The minimum Gasteiger partial charge on any atom is -0.454 e. The van der Waals surface area contributed by atoms with Gasteiger partial charge in [0.05, 0.1) is 16.5 Å². The van der Waals surface area contributed by atoms with Gasteiger partial charge in [-0.1, -0.05) is 49.0 Å². The van der Waals surface area contributed by atoms with Gasteiger partial charge in [0.25, 0.3) is 5.24 Å². The largest absolute Gasteiger partial charge is 0.454 e. The van der Waals surface area contributed by atoms with Gasteiger partial charge in [0.2, 0.25) is 0 Å². The van der Waals surface area contributed by atoms with Crippen molar-refractivity contribution in [2.24, 2.45) is 0 Å². The highest BCUT2D eigenvalue weighted by Crippen LogP contribution is 2.39. The Morgan fingerprint density at radius 1 is 1.08 bits per heavy atom. The number of amides is 1. The predicted molar refractivity (Wildman–Crippen MR) is 146 cm³/mol. The average molecular weight is 547 g/mol.